The summed E-state index contributed by atoms with van der Waals surface area (Å²) in [7, 11) is 3.32. The predicted molar refractivity (Wildman–Crippen MR) is 99.6 cm³/mol. The molecule has 0 unspecified atom stereocenters. The van der Waals surface area contributed by atoms with Gasteiger partial charge in [-0.2, -0.15) is 0 Å². The molecule has 126 valence electrons. The number of nitrogens with one attached hydrogen (secondary N) is 1. The number of aromatic nitrogens is 3. The van der Waals surface area contributed by atoms with Gasteiger partial charge in [0, 0.05) is 28.6 Å². The van der Waals surface area contributed by atoms with Crippen molar-refractivity contribution in [2.45, 2.75) is 6.42 Å². The van der Waals surface area contributed by atoms with E-state index in [0.717, 1.165) is 39.6 Å². The van der Waals surface area contributed by atoms with E-state index in [-0.39, 0.29) is 0 Å². The molecule has 0 aliphatic carbocycles. The van der Waals surface area contributed by atoms with E-state index in [1.165, 1.54) is 4.88 Å². The van der Waals surface area contributed by atoms with Crippen LogP contribution >= 0.6 is 11.3 Å². The molecule has 4 rings (SSSR count). The molecule has 0 spiro atoms. The van der Waals surface area contributed by atoms with Crippen molar-refractivity contribution in [1.29, 1.82) is 0 Å². The summed E-state index contributed by atoms with van der Waals surface area (Å²) in [5, 5.41) is 2.06. The smallest absolute Gasteiger partial charge is 0.177 e. The third-order valence-electron chi connectivity index (χ3n) is 4.04. The number of nitrogens with zero attached hydrogens (tertiary/aromatic N) is 2. The molecule has 1 N–H and O–H groups in total. The number of H-pyrrole nitrogens is 1. The summed E-state index contributed by atoms with van der Waals surface area (Å²) in [6.45, 7) is 0. The van der Waals surface area contributed by atoms with E-state index < -0.39 is 0 Å². The summed E-state index contributed by atoms with van der Waals surface area (Å²) in [5.41, 5.74) is 3.76. The van der Waals surface area contributed by atoms with Gasteiger partial charge < -0.3 is 14.5 Å². The van der Waals surface area contributed by atoms with Gasteiger partial charge >= 0.3 is 0 Å². The Hall–Kier alpha value is -2.86. The highest BCUT2D eigenvalue weighted by Gasteiger charge is 2.11. The Morgan fingerprint density at radius 2 is 2.04 bits per heavy atom. The number of hydrogen-bond donors (Lipinski definition) is 1. The summed E-state index contributed by atoms with van der Waals surface area (Å²) in [6.07, 6.45) is 2.48. The Morgan fingerprint density at radius 1 is 1.12 bits per heavy atom. The van der Waals surface area contributed by atoms with Gasteiger partial charge in [-0.3, -0.25) is 0 Å². The first-order chi connectivity index (χ1) is 12.3. The van der Waals surface area contributed by atoms with Gasteiger partial charge in [0.1, 0.15) is 17.3 Å². The number of imidazole rings is 1. The molecular formula is C19H17N3O2S. The van der Waals surface area contributed by atoms with Crippen LogP contribution in [0.2, 0.25) is 0 Å². The first kappa shape index (κ1) is 15.7. The van der Waals surface area contributed by atoms with E-state index in [9.17, 15) is 0 Å². The second-order valence-corrected chi connectivity index (χ2v) is 6.56. The van der Waals surface area contributed by atoms with Gasteiger partial charge in [-0.15, -0.1) is 11.3 Å². The topological polar surface area (TPSA) is 60.0 Å². The molecule has 1 aromatic carbocycles. The minimum absolute atomic E-state index is 0.616. The molecule has 0 aliphatic rings. The number of pyridine rings is 1. The lowest BCUT2D eigenvalue weighted by Crippen LogP contribution is -1.96. The average molecular weight is 351 g/mol. The van der Waals surface area contributed by atoms with E-state index in [4.69, 9.17) is 9.47 Å². The summed E-state index contributed by atoms with van der Waals surface area (Å²) < 4.78 is 10.8. The molecule has 0 radical (unpaired) electrons. The zero-order valence-corrected chi connectivity index (χ0v) is 14.8. The van der Waals surface area contributed by atoms with Crippen molar-refractivity contribution < 1.29 is 9.47 Å². The molecule has 6 heteroatoms. The first-order valence-electron chi connectivity index (χ1n) is 7.86. The van der Waals surface area contributed by atoms with Gasteiger partial charge in [0.2, 0.25) is 0 Å². The molecule has 5 nitrogen and oxygen atoms in total. The van der Waals surface area contributed by atoms with E-state index in [1.54, 1.807) is 25.6 Å². The lowest BCUT2D eigenvalue weighted by molar-refractivity contribution is 0.399. The highest BCUT2D eigenvalue weighted by atomic mass is 32.1. The maximum absolute atomic E-state index is 5.45. The monoisotopic (exact) mass is 351 g/mol. The van der Waals surface area contributed by atoms with Crippen molar-refractivity contribution in [3.63, 3.8) is 0 Å². The standard InChI is InChI=1S/C19H17N3O2S/c1-23-14-5-6-16(24-2)12(8-14)10-18-21-15-9-13(11-20-19(15)22-18)17-4-3-7-25-17/h3-9,11H,10H2,1-2H3,(H,20,21,22). The largest absolute Gasteiger partial charge is 0.497 e. The van der Waals surface area contributed by atoms with Crippen LogP contribution in [0.15, 0.2) is 48.0 Å². The molecule has 25 heavy (non-hydrogen) atoms. The van der Waals surface area contributed by atoms with Gasteiger partial charge in [0.15, 0.2) is 5.65 Å². The number of methoxy groups -OCH3 is 2. The molecule has 0 bridgehead atoms. The van der Waals surface area contributed by atoms with Crippen molar-refractivity contribution in [2.24, 2.45) is 0 Å². The second-order valence-electron chi connectivity index (χ2n) is 5.61. The maximum atomic E-state index is 5.45. The third-order valence-corrected chi connectivity index (χ3v) is 4.96. The Morgan fingerprint density at radius 3 is 2.80 bits per heavy atom. The molecule has 0 saturated carbocycles. The SMILES string of the molecule is COc1ccc(OC)c(Cc2nc3ncc(-c4cccs4)cc3[nH]2)c1. The van der Waals surface area contributed by atoms with E-state index in [2.05, 4.69) is 32.5 Å². The number of benzene rings is 1. The van der Waals surface area contributed by atoms with Crippen LogP contribution in [-0.2, 0) is 6.42 Å². The fourth-order valence-corrected chi connectivity index (χ4v) is 3.52. The summed E-state index contributed by atoms with van der Waals surface area (Å²) >= 11 is 1.70. The van der Waals surface area contributed by atoms with E-state index >= 15 is 0 Å². The Kier molecular flexibility index (Phi) is 4.11. The normalized spacial score (nSPS) is 11.0. The molecule has 3 heterocycles. The number of rotatable bonds is 5. The van der Waals surface area contributed by atoms with E-state index in [0.29, 0.717) is 6.42 Å². The van der Waals surface area contributed by atoms with Crippen LogP contribution in [0.4, 0.5) is 0 Å². The lowest BCUT2D eigenvalue weighted by atomic mass is 10.1. The summed E-state index contributed by atoms with van der Waals surface area (Å²) in [5.74, 6) is 2.45. The molecule has 0 fully saturated rings. The van der Waals surface area contributed by atoms with Gasteiger partial charge in [-0.1, -0.05) is 6.07 Å². The number of fused-ring (bicyclic) bond motifs is 1. The lowest BCUT2D eigenvalue weighted by Gasteiger charge is -2.09. The molecular weight excluding hydrogens is 334 g/mol. The van der Waals surface area contributed by atoms with Crippen molar-refractivity contribution in [1.82, 2.24) is 15.0 Å². The Bertz CT molecular complexity index is 1010. The van der Waals surface area contributed by atoms with Gasteiger partial charge in [-0.05, 0) is 35.7 Å². The quantitative estimate of drug-likeness (QED) is 0.582. The van der Waals surface area contributed by atoms with Crippen LogP contribution in [0, 0.1) is 0 Å². The number of thiophene rings is 1. The molecule has 0 atom stereocenters. The molecule has 0 amide bonds. The van der Waals surface area contributed by atoms with Crippen LogP contribution in [-0.4, -0.2) is 29.2 Å². The molecule has 4 aromatic rings. The zero-order chi connectivity index (χ0) is 17.2. The number of hydrogen-bond acceptors (Lipinski definition) is 5. The van der Waals surface area contributed by atoms with Gasteiger partial charge in [0.25, 0.3) is 0 Å². The van der Waals surface area contributed by atoms with Gasteiger partial charge in [-0.25, -0.2) is 9.97 Å². The predicted octanol–water partition coefficient (Wildman–Crippen LogP) is 4.29. The van der Waals surface area contributed by atoms with Crippen molar-refractivity contribution >= 4 is 22.5 Å². The molecule has 0 saturated heterocycles. The highest BCUT2D eigenvalue weighted by molar-refractivity contribution is 7.13. The fourth-order valence-electron chi connectivity index (χ4n) is 2.81. The van der Waals surface area contributed by atoms with Gasteiger partial charge in [0.05, 0.1) is 19.7 Å². The summed E-state index contributed by atoms with van der Waals surface area (Å²) in [4.78, 5) is 13.7. The maximum Gasteiger partial charge on any atom is 0.177 e. The number of aromatic amines is 1. The minimum atomic E-state index is 0.616. The third kappa shape index (κ3) is 3.08. The van der Waals surface area contributed by atoms with Crippen LogP contribution in [0.25, 0.3) is 21.6 Å². The van der Waals surface area contributed by atoms with Crippen molar-refractivity contribution in [3.8, 4) is 21.9 Å². The zero-order valence-electron chi connectivity index (χ0n) is 13.9. The van der Waals surface area contributed by atoms with Crippen LogP contribution in [0.3, 0.4) is 0 Å². The average Bonchev–Trinajstić information content (AvgIpc) is 3.30. The van der Waals surface area contributed by atoms with Crippen LogP contribution in [0.1, 0.15) is 11.4 Å². The van der Waals surface area contributed by atoms with E-state index in [1.807, 2.05) is 30.5 Å². The Balaban J connectivity index is 1.68. The van der Waals surface area contributed by atoms with Crippen molar-refractivity contribution in [2.75, 3.05) is 14.2 Å². The number of ether oxygens (including phenoxy) is 2. The molecule has 3 aromatic heterocycles. The second kappa shape index (κ2) is 6.57. The summed E-state index contributed by atoms with van der Waals surface area (Å²) in [6, 6.07) is 12.0. The van der Waals surface area contributed by atoms with Crippen molar-refractivity contribution in [3.05, 3.63) is 59.4 Å². The fraction of sp³-hybridized carbons (Fsp3) is 0.158. The van der Waals surface area contributed by atoms with Crippen LogP contribution in [0.5, 0.6) is 11.5 Å². The van der Waals surface area contributed by atoms with Crippen LogP contribution < -0.4 is 9.47 Å². The first-order valence-corrected chi connectivity index (χ1v) is 8.74. The molecule has 0 aliphatic heterocycles. The Labute approximate surface area is 149 Å². The minimum Gasteiger partial charge on any atom is -0.497 e. The highest BCUT2D eigenvalue weighted by Crippen LogP contribution is 2.28.